The summed E-state index contributed by atoms with van der Waals surface area (Å²) < 4.78 is 0. The van der Waals surface area contributed by atoms with Crippen LogP contribution < -0.4 is 5.32 Å². The number of nitrogens with zero attached hydrogens (tertiary/aromatic N) is 1. The molecule has 116 valence electrons. The number of fused-ring (bicyclic) bond motifs is 1. The van der Waals surface area contributed by atoms with Crippen LogP contribution >= 0.6 is 0 Å². The average Bonchev–Trinajstić information content (AvgIpc) is 2.56. The van der Waals surface area contributed by atoms with E-state index in [-0.39, 0.29) is 0 Å². The van der Waals surface area contributed by atoms with E-state index in [1.165, 1.54) is 0 Å². The molecule has 0 unspecified atom stereocenters. The molecule has 0 heterocycles. The lowest BCUT2D eigenvalue weighted by atomic mass is 9.87. The van der Waals surface area contributed by atoms with Gasteiger partial charge in [0.25, 0.3) is 0 Å². The summed E-state index contributed by atoms with van der Waals surface area (Å²) in [6.07, 6.45) is 0. The highest BCUT2D eigenvalue weighted by Gasteiger charge is 2.35. The topological polar surface area (TPSA) is 54.0 Å². The molecule has 2 aromatic rings. The first-order valence-corrected chi connectivity index (χ1v) is 7.54. The minimum absolute atomic E-state index is 0.403. The molecule has 0 aromatic heterocycles. The number of carbonyl (C=O) groups excluding carboxylic acids is 2. The number of likely N-dealkylation sites (N-methyl/N-ethyl adjacent to an activating group) is 1. The van der Waals surface area contributed by atoms with Crippen molar-refractivity contribution >= 4 is 23.0 Å². The number of hydrogen-bond acceptors (Lipinski definition) is 3. The molecule has 0 saturated heterocycles. The summed E-state index contributed by atoms with van der Waals surface area (Å²) in [5.41, 5.74) is 3.73. The molecule has 4 nitrogen and oxygen atoms in total. The second-order valence-corrected chi connectivity index (χ2v) is 5.89. The Kier molecular flexibility index (Phi) is 4.19. The molecular formula is C19H19N2O2+. The van der Waals surface area contributed by atoms with Crippen LogP contribution in [0.15, 0.2) is 60.2 Å². The first kappa shape index (κ1) is 15.3. The van der Waals surface area contributed by atoms with E-state index in [4.69, 9.17) is 0 Å². The highest BCUT2D eigenvalue weighted by atomic mass is 16.2. The highest BCUT2D eigenvalue weighted by Crippen LogP contribution is 2.26. The Labute approximate surface area is 135 Å². The van der Waals surface area contributed by atoms with Crippen molar-refractivity contribution in [3.63, 3.8) is 0 Å². The SMILES string of the molecule is CN(C)CC1=C([NH2+]c2ccccc2)c2ccccc2C(=O)C1=O. The molecule has 1 aliphatic carbocycles. The van der Waals surface area contributed by atoms with E-state index in [0.29, 0.717) is 17.7 Å². The van der Waals surface area contributed by atoms with Crippen LogP contribution in [0.3, 0.4) is 0 Å². The van der Waals surface area contributed by atoms with E-state index in [9.17, 15) is 9.59 Å². The zero-order valence-electron chi connectivity index (χ0n) is 13.2. The van der Waals surface area contributed by atoms with Gasteiger partial charge < -0.3 is 4.90 Å². The number of hydrogen-bond donors (Lipinski definition) is 1. The third-order valence-corrected chi connectivity index (χ3v) is 3.85. The van der Waals surface area contributed by atoms with Gasteiger partial charge in [-0.3, -0.25) is 14.9 Å². The molecule has 0 bridgehead atoms. The van der Waals surface area contributed by atoms with Crippen LogP contribution in [0.25, 0.3) is 5.70 Å². The van der Waals surface area contributed by atoms with E-state index in [1.54, 1.807) is 12.1 Å². The fourth-order valence-electron chi connectivity index (χ4n) is 2.81. The van der Waals surface area contributed by atoms with Gasteiger partial charge in [0.15, 0.2) is 5.70 Å². The van der Waals surface area contributed by atoms with Gasteiger partial charge in [-0.2, -0.15) is 0 Å². The molecule has 0 atom stereocenters. The first-order chi connectivity index (χ1) is 11.1. The molecule has 0 spiro atoms. The zero-order chi connectivity index (χ0) is 16.4. The highest BCUT2D eigenvalue weighted by molar-refractivity contribution is 6.52. The maximum Gasteiger partial charge on any atom is 0.236 e. The summed E-state index contributed by atoms with van der Waals surface area (Å²) in [5.74, 6) is -0.817. The fraction of sp³-hybridized carbons (Fsp3) is 0.158. The quantitative estimate of drug-likeness (QED) is 0.690. The predicted octanol–water partition coefficient (Wildman–Crippen LogP) is 1.62. The van der Waals surface area contributed by atoms with E-state index in [2.05, 4.69) is 0 Å². The minimum atomic E-state index is -0.414. The molecule has 0 radical (unpaired) electrons. The molecule has 2 aromatic carbocycles. The summed E-state index contributed by atoms with van der Waals surface area (Å²) in [5, 5.41) is 1.99. The van der Waals surface area contributed by atoms with E-state index < -0.39 is 11.6 Å². The van der Waals surface area contributed by atoms with Gasteiger partial charge in [0.05, 0.1) is 5.57 Å². The number of carbonyl (C=O) groups is 2. The summed E-state index contributed by atoms with van der Waals surface area (Å²) in [6, 6.07) is 17.2. The Morgan fingerprint density at radius 3 is 2.09 bits per heavy atom. The van der Waals surface area contributed by atoms with Crippen molar-refractivity contribution in [3.05, 3.63) is 71.3 Å². The molecule has 0 fully saturated rings. The van der Waals surface area contributed by atoms with E-state index in [0.717, 1.165) is 16.9 Å². The maximum atomic E-state index is 12.6. The number of rotatable bonds is 4. The maximum absolute atomic E-state index is 12.6. The van der Waals surface area contributed by atoms with Crippen LogP contribution in [0.1, 0.15) is 15.9 Å². The van der Waals surface area contributed by atoms with Crippen LogP contribution in [0.4, 0.5) is 5.69 Å². The Morgan fingerprint density at radius 2 is 1.43 bits per heavy atom. The molecule has 1 aliphatic rings. The molecule has 3 rings (SSSR count). The number of benzene rings is 2. The van der Waals surface area contributed by atoms with Crippen LogP contribution in [0.2, 0.25) is 0 Å². The summed E-state index contributed by atoms with van der Waals surface area (Å²) in [7, 11) is 3.79. The van der Waals surface area contributed by atoms with Crippen LogP contribution in [0.5, 0.6) is 0 Å². The van der Waals surface area contributed by atoms with Gasteiger partial charge in [-0.25, -0.2) is 0 Å². The number of Topliss-reactive ketones (excluding diaryl/α,β-unsaturated/α-hetero) is 2. The normalized spacial score (nSPS) is 14.4. The third-order valence-electron chi connectivity index (χ3n) is 3.85. The lowest BCUT2D eigenvalue weighted by molar-refractivity contribution is -0.469. The zero-order valence-corrected chi connectivity index (χ0v) is 13.2. The van der Waals surface area contributed by atoms with Crippen molar-refractivity contribution in [2.45, 2.75) is 0 Å². The van der Waals surface area contributed by atoms with E-state index in [1.807, 2.05) is 66.8 Å². The Morgan fingerprint density at radius 1 is 0.826 bits per heavy atom. The lowest BCUT2D eigenvalue weighted by Crippen LogP contribution is -2.76. The van der Waals surface area contributed by atoms with Gasteiger partial charge in [-0.1, -0.05) is 36.4 Å². The lowest BCUT2D eigenvalue weighted by Gasteiger charge is -2.21. The number of nitrogens with two attached hydrogens (primary N) is 1. The summed E-state index contributed by atoms with van der Waals surface area (Å²) in [6.45, 7) is 0.442. The standard InChI is InChI=1S/C19H18N2O2/c1-21(2)12-16-17(20-13-8-4-3-5-9-13)14-10-6-7-11-15(14)18(22)19(16)23/h3-11,20H,12H2,1-2H3/p+1. The van der Waals surface area contributed by atoms with Gasteiger partial charge in [-0.15, -0.1) is 0 Å². The van der Waals surface area contributed by atoms with Crippen molar-refractivity contribution in [3.8, 4) is 0 Å². The Balaban J connectivity index is 2.16. The number of para-hydroxylation sites is 1. The van der Waals surface area contributed by atoms with Crippen LogP contribution in [-0.2, 0) is 4.79 Å². The van der Waals surface area contributed by atoms with Gasteiger partial charge in [0, 0.05) is 17.7 Å². The molecule has 2 N–H and O–H groups in total. The van der Waals surface area contributed by atoms with E-state index >= 15 is 0 Å². The predicted molar refractivity (Wildman–Crippen MR) is 89.3 cm³/mol. The summed E-state index contributed by atoms with van der Waals surface area (Å²) in [4.78, 5) is 26.9. The monoisotopic (exact) mass is 307 g/mol. The molecule has 0 saturated carbocycles. The molecular weight excluding hydrogens is 288 g/mol. The average molecular weight is 307 g/mol. The van der Waals surface area contributed by atoms with Crippen molar-refractivity contribution in [2.75, 3.05) is 20.6 Å². The second kappa shape index (κ2) is 6.28. The second-order valence-electron chi connectivity index (χ2n) is 5.89. The third kappa shape index (κ3) is 2.99. The Hall–Kier alpha value is -2.56. The van der Waals surface area contributed by atoms with Crippen molar-refractivity contribution in [1.82, 2.24) is 4.90 Å². The van der Waals surface area contributed by atoms with Crippen molar-refractivity contribution < 1.29 is 14.9 Å². The smallest absolute Gasteiger partial charge is 0.236 e. The molecule has 0 amide bonds. The van der Waals surface area contributed by atoms with Gasteiger partial charge in [0.1, 0.15) is 5.69 Å². The summed E-state index contributed by atoms with van der Waals surface area (Å²) >= 11 is 0. The van der Waals surface area contributed by atoms with Gasteiger partial charge >= 0.3 is 0 Å². The van der Waals surface area contributed by atoms with Gasteiger partial charge in [-0.05, 0) is 32.3 Å². The van der Waals surface area contributed by atoms with Gasteiger partial charge in [0.2, 0.25) is 11.6 Å². The minimum Gasteiger partial charge on any atom is -0.305 e. The molecule has 23 heavy (non-hydrogen) atoms. The largest absolute Gasteiger partial charge is 0.305 e. The first-order valence-electron chi connectivity index (χ1n) is 7.54. The van der Waals surface area contributed by atoms with Crippen LogP contribution in [0, 0.1) is 0 Å². The number of quaternary nitrogens is 1. The Bertz CT molecular complexity index is 792. The van der Waals surface area contributed by atoms with Crippen LogP contribution in [-0.4, -0.2) is 37.1 Å². The van der Waals surface area contributed by atoms with Crippen molar-refractivity contribution in [2.24, 2.45) is 0 Å². The number of ketones is 2. The molecule has 0 aliphatic heterocycles. The molecule has 4 heteroatoms. The fourth-order valence-corrected chi connectivity index (χ4v) is 2.81. The van der Waals surface area contributed by atoms with Crippen molar-refractivity contribution in [1.29, 1.82) is 0 Å².